The first kappa shape index (κ1) is 20.6. The molecule has 1 atom stereocenters. The van der Waals surface area contributed by atoms with Crippen LogP contribution in [0.1, 0.15) is 31.0 Å². The Balaban J connectivity index is 1.83. The summed E-state index contributed by atoms with van der Waals surface area (Å²) in [6, 6.07) is 9.50. The average Bonchev–Trinajstić information content (AvgIpc) is 3.20. The van der Waals surface area contributed by atoms with Crippen molar-refractivity contribution in [3.05, 3.63) is 53.9 Å². The summed E-state index contributed by atoms with van der Waals surface area (Å²) in [5, 5.41) is 6.96. The van der Waals surface area contributed by atoms with Crippen molar-refractivity contribution in [1.29, 1.82) is 0 Å². The Morgan fingerprint density at radius 1 is 1.22 bits per heavy atom. The molecule has 0 aliphatic carbocycles. The third kappa shape index (κ3) is 6.21. The van der Waals surface area contributed by atoms with Gasteiger partial charge in [-0.25, -0.2) is 0 Å². The van der Waals surface area contributed by atoms with Crippen LogP contribution in [0.2, 0.25) is 0 Å². The van der Waals surface area contributed by atoms with E-state index in [1.807, 2.05) is 12.1 Å². The van der Waals surface area contributed by atoms with Gasteiger partial charge in [-0.1, -0.05) is 31.2 Å². The molecule has 7 nitrogen and oxygen atoms in total. The molecule has 1 heterocycles. The lowest BCUT2D eigenvalue weighted by atomic mass is 10.1. The van der Waals surface area contributed by atoms with E-state index in [0.717, 1.165) is 18.7 Å². The Bertz CT molecular complexity index is 745. The van der Waals surface area contributed by atoms with Gasteiger partial charge in [0.15, 0.2) is 0 Å². The van der Waals surface area contributed by atoms with Crippen LogP contribution in [-0.4, -0.2) is 58.6 Å². The number of likely N-dealkylation sites (N-methyl/N-ethyl adjacent to an activating group) is 1. The lowest BCUT2D eigenvalue weighted by molar-refractivity contribution is -0.137. The molecule has 0 aliphatic rings. The minimum atomic E-state index is -0.440. The molecule has 2 rings (SSSR count). The average molecular weight is 371 g/mol. The zero-order chi connectivity index (χ0) is 19.8. The van der Waals surface area contributed by atoms with Crippen LogP contribution in [0.4, 0.5) is 0 Å². The SMILES string of the molecule is CCN(C)Cc1cccc(CNC(=O)CN(C)C(=O)[C@@H](C)n2cccn2)c1. The third-order valence-corrected chi connectivity index (χ3v) is 4.51. The number of hydrogen-bond donors (Lipinski definition) is 1. The van der Waals surface area contributed by atoms with Crippen molar-refractivity contribution in [1.82, 2.24) is 24.9 Å². The summed E-state index contributed by atoms with van der Waals surface area (Å²) in [6.45, 7) is 6.21. The predicted octanol–water partition coefficient (Wildman–Crippen LogP) is 1.67. The van der Waals surface area contributed by atoms with E-state index in [1.54, 1.807) is 37.1 Å². The van der Waals surface area contributed by atoms with Crippen molar-refractivity contribution in [3.63, 3.8) is 0 Å². The molecule has 2 aromatic rings. The van der Waals surface area contributed by atoms with Gasteiger partial charge in [-0.15, -0.1) is 0 Å². The van der Waals surface area contributed by atoms with Crippen LogP contribution in [0.15, 0.2) is 42.7 Å². The smallest absolute Gasteiger partial charge is 0.247 e. The molecule has 0 radical (unpaired) electrons. The zero-order valence-corrected chi connectivity index (χ0v) is 16.6. The van der Waals surface area contributed by atoms with Crippen molar-refractivity contribution in [2.75, 3.05) is 27.2 Å². The van der Waals surface area contributed by atoms with Crippen LogP contribution >= 0.6 is 0 Å². The molecule has 1 aromatic carbocycles. The first-order chi connectivity index (χ1) is 12.9. The summed E-state index contributed by atoms with van der Waals surface area (Å²) in [6.07, 6.45) is 3.36. The molecular weight excluding hydrogens is 342 g/mol. The standard InChI is InChI=1S/C20H29N5O2/c1-5-23(3)14-18-9-6-8-17(12-18)13-21-19(26)15-24(4)20(27)16(2)25-11-7-10-22-25/h6-12,16H,5,13-15H2,1-4H3,(H,21,26)/t16-/m1/s1. The van der Waals surface area contributed by atoms with Gasteiger partial charge in [0, 0.05) is 32.5 Å². The predicted molar refractivity (Wildman–Crippen MR) is 105 cm³/mol. The number of nitrogens with zero attached hydrogens (tertiary/aromatic N) is 4. The topological polar surface area (TPSA) is 70.5 Å². The molecule has 27 heavy (non-hydrogen) atoms. The third-order valence-electron chi connectivity index (χ3n) is 4.51. The number of carbonyl (C=O) groups excluding carboxylic acids is 2. The van der Waals surface area contributed by atoms with Crippen molar-refractivity contribution in [2.45, 2.75) is 33.0 Å². The monoisotopic (exact) mass is 371 g/mol. The minimum Gasteiger partial charge on any atom is -0.350 e. The molecule has 0 saturated heterocycles. The molecule has 0 bridgehead atoms. The first-order valence-electron chi connectivity index (χ1n) is 9.17. The molecule has 0 fully saturated rings. The highest BCUT2D eigenvalue weighted by molar-refractivity contribution is 5.86. The second-order valence-electron chi connectivity index (χ2n) is 6.78. The number of aromatic nitrogens is 2. The minimum absolute atomic E-state index is 0.0166. The lowest BCUT2D eigenvalue weighted by Crippen LogP contribution is -2.40. The van der Waals surface area contributed by atoms with E-state index in [1.165, 1.54) is 10.5 Å². The molecule has 1 N–H and O–H groups in total. The number of benzene rings is 1. The van der Waals surface area contributed by atoms with Gasteiger partial charge >= 0.3 is 0 Å². The highest BCUT2D eigenvalue weighted by Gasteiger charge is 2.21. The second-order valence-corrected chi connectivity index (χ2v) is 6.78. The molecule has 1 aromatic heterocycles. The van der Waals surface area contributed by atoms with Crippen LogP contribution in [0, 0.1) is 0 Å². The molecule has 7 heteroatoms. The van der Waals surface area contributed by atoms with Crippen LogP contribution in [-0.2, 0) is 22.7 Å². The molecular formula is C20H29N5O2. The maximum absolute atomic E-state index is 12.4. The van der Waals surface area contributed by atoms with Crippen LogP contribution in [0.25, 0.3) is 0 Å². The lowest BCUT2D eigenvalue weighted by Gasteiger charge is -2.21. The summed E-state index contributed by atoms with van der Waals surface area (Å²) >= 11 is 0. The Morgan fingerprint density at radius 3 is 2.63 bits per heavy atom. The summed E-state index contributed by atoms with van der Waals surface area (Å²) in [5.41, 5.74) is 2.26. The number of rotatable bonds is 9. The molecule has 0 spiro atoms. The Kier molecular flexibility index (Phi) is 7.55. The summed E-state index contributed by atoms with van der Waals surface area (Å²) in [4.78, 5) is 28.3. The van der Waals surface area contributed by atoms with Gasteiger partial charge in [-0.2, -0.15) is 5.10 Å². The van der Waals surface area contributed by atoms with E-state index < -0.39 is 6.04 Å². The fourth-order valence-corrected chi connectivity index (χ4v) is 2.75. The van der Waals surface area contributed by atoms with Crippen molar-refractivity contribution in [2.24, 2.45) is 0 Å². The molecule has 0 unspecified atom stereocenters. The van der Waals surface area contributed by atoms with Gasteiger partial charge in [0.05, 0.1) is 6.54 Å². The van der Waals surface area contributed by atoms with E-state index in [4.69, 9.17) is 0 Å². The largest absolute Gasteiger partial charge is 0.350 e. The molecule has 146 valence electrons. The second kappa shape index (κ2) is 9.87. The van der Waals surface area contributed by atoms with E-state index >= 15 is 0 Å². The summed E-state index contributed by atoms with van der Waals surface area (Å²) in [7, 11) is 3.70. The van der Waals surface area contributed by atoms with Crippen LogP contribution in [0.5, 0.6) is 0 Å². The fourth-order valence-electron chi connectivity index (χ4n) is 2.75. The van der Waals surface area contributed by atoms with Crippen LogP contribution < -0.4 is 5.32 Å². The Labute approximate surface area is 161 Å². The van der Waals surface area contributed by atoms with Gasteiger partial charge in [0.2, 0.25) is 11.8 Å². The van der Waals surface area contributed by atoms with Crippen LogP contribution in [0.3, 0.4) is 0 Å². The van der Waals surface area contributed by atoms with Crippen molar-refractivity contribution >= 4 is 11.8 Å². The van der Waals surface area contributed by atoms with E-state index in [0.29, 0.717) is 6.54 Å². The Hall–Kier alpha value is -2.67. The van der Waals surface area contributed by atoms with E-state index in [2.05, 4.69) is 41.4 Å². The van der Waals surface area contributed by atoms with Crippen molar-refractivity contribution < 1.29 is 9.59 Å². The highest BCUT2D eigenvalue weighted by atomic mass is 16.2. The van der Waals surface area contributed by atoms with Gasteiger partial charge < -0.3 is 15.1 Å². The number of amides is 2. The Morgan fingerprint density at radius 2 is 1.96 bits per heavy atom. The fraction of sp³-hybridized carbons (Fsp3) is 0.450. The number of nitrogens with one attached hydrogen (secondary N) is 1. The summed E-state index contributed by atoms with van der Waals surface area (Å²) in [5.74, 6) is -0.340. The maximum Gasteiger partial charge on any atom is 0.247 e. The van der Waals surface area contributed by atoms with Crippen molar-refractivity contribution in [3.8, 4) is 0 Å². The first-order valence-corrected chi connectivity index (χ1v) is 9.17. The maximum atomic E-state index is 12.4. The van der Waals surface area contributed by atoms with Gasteiger partial charge in [0.25, 0.3) is 0 Å². The van der Waals surface area contributed by atoms with Gasteiger partial charge in [0.1, 0.15) is 6.04 Å². The zero-order valence-electron chi connectivity index (χ0n) is 16.6. The van der Waals surface area contributed by atoms with E-state index in [9.17, 15) is 9.59 Å². The normalized spacial score (nSPS) is 12.0. The molecule has 0 aliphatic heterocycles. The van der Waals surface area contributed by atoms with Gasteiger partial charge in [-0.3, -0.25) is 14.3 Å². The quantitative estimate of drug-likeness (QED) is 0.728. The molecule has 2 amide bonds. The number of hydrogen-bond acceptors (Lipinski definition) is 4. The van der Waals surface area contributed by atoms with E-state index in [-0.39, 0.29) is 18.4 Å². The summed E-state index contributed by atoms with van der Waals surface area (Å²) < 4.78 is 1.58. The number of carbonyl (C=O) groups is 2. The molecule has 0 saturated carbocycles. The van der Waals surface area contributed by atoms with Gasteiger partial charge in [-0.05, 0) is 37.7 Å². The highest BCUT2D eigenvalue weighted by Crippen LogP contribution is 2.09.